The SMILES string of the molecule is C=CC(O)N1CCC(n2c(=O)n(-c3ccc(Oc4ccccc4)cc3)c3cnccc32)CC1. The number of aromatic nitrogens is 3. The third kappa shape index (κ3) is 4.08. The van der Waals surface area contributed by atoms with Crippen LogP contribution in [0, 0.1) is 0 Å². The van der Waals surface area contributed by atoms with Crippen molar-refractivity contribution in [1.29, 1.82) is 0 Å². The fraction of sp³-hybridized carbons (Fsp3) is 0.231. The van der Waals surface area contributed by atoms with Crippen molar-refractivity contribution < 1.29 is 9.84 Å². The molecule has 7 nitrogen and oxygen atoms in total. The van der Waals surface area contributed by atoms with Gasteiger partial charge in [0.2, 0.25) is 0 Å². The summed E-state index contributed by atoms with van der Waals surface area (Å²) in [6.07, 6.45) is 5.89. The van der Waals surface area contributed by atoms with Gasteiger partial charge in [-0.3, -0.25) is 19.0 Å². The summed E-state index contributed by atoms with van der Waals surface area (Å²) in [5.41, 5.74) is 2.31. The first-order valence-corrected chi connectivity index (χ1v) is 11.1. The van der Waals surface area contributed by atoms with E-state index in [1.807, 2.05) is 70.1 Å². The first kappa shape index (κ1) is 21.2. The van der Waals surface area contributed by atoms with Crippen LogP contribution < -0.4 is 10.4 Å². The maximum atomic E-state index is 13.6. The zero-order valence-electron chi connectivity index (χ0n) is 18.2. The van der Waals surface area contributed by atoms with Gasteiger partial charge in [-0.05, 0) is 61.4 Å². The Morgan fingerprint density at radius 3 is 2.39 bits per heavy atom. The lowest BCUT2D eigenvalue weighted by atomic mass is 10.0. The Morgan fingerprint density at radius 1 is 1.00 bits per heavy atom. The molecule has 0 bridgehead atoms. The van der Waals surface area contributed by atoms with Crippen LogP contribution in [0.3, 0.4) is 0 Å². The van der Waals surface area contributed by atoms with E-state index in [0.29, 0.717) is 18.8 Å². The summed E-state index contributed by atoms with van der Waals surface area (Å²) in [5, 5.41) is 10.1. The second-order valence-corrected chi connectivity index (χ2v) is 8.18. The molecule has 1 unspecified atom stereocenters. The lowest BCUT2D eigenvalue weighted by Gasteiger charge is -2.34. The van der Waals surface area contributed by atoms with Crippen molar-refractivity contribution in [1.82, 2.24) is 19.0 Å². The van der Waals surface area contributed by atoms with E-state index >= 15 is 0 Å². The van der Waals surface area contributed by atoms with E-state index in [4.69, 9.17) is 4.74 Å². The van der Waals surface area contributed by atoms with Crippen LogP contribution in [-0.2, 0) is 0 Å². The van der Waals surface area contributed by atoms with Crippen molar-refractivity contribution in [3.8, 4) is 17.2 Å². The van der Waals surface area contributed by atoms with Crippen LogP contribution >= 0.6 is 0 Å². The van der Waals surface area contributed by atoms with Gasteiger partial charge in [-0.15, -0.1) is 0 Å². The van der Waals surface area contributed by atoms with Crippen LogP contribution in [0.25, 0.3) is 16.7 Å². The predicted molar refractivity (Wildman–Crippen MR) is 128 cm³/mol. The minimum Gasteiger partial charge on any atom is -0.457 e. The molecule has 7 heteroatoms. The van der Waals surface area contributed by atoms with Gasteiger partial charge in [0.05, 0.1) is 22.9 Å². The van der Waals surface area contributed by atoms with Gasteiger partial charge in [0.25, 0.3) is 0 Å². The van der Waals surface area contributed by atoms with Crippen LogP contribution in [0.1, 0.15) is 18.9 Å². The number of benzene rings is 2. The number of rotatable bonds is 6. The maximum absolute atomic E-state index is 13.6. The highest BCUT2D eigenvalue weighted by molar-refractivity contribution is 5.77. The number of fused-ring (bicyclic) bond motifs is 1. The van der Waals surface area contributed by atoms with Gasteiger partial charge >= 0.3 is 5.69 Å². The molecular weight excluding hydrogens is 416 g/mol. The number of hydrogen-bond acceptors (Lipinski definition) is 5. The second-order valence-electron chi connectivity index (χ2n) is 8.18. The molecular formula is C26H26N4O3. The average molecular weight is 443 g/mol. The van der Waals surface area contributed by atoms with Crippen molar-refractivity contribution >= 4 is 11.0 Å². The Hall–Kier alpha value is -3.68. The highest BCUT2D eigenvalue weighted by Crippen LogP contribution is 2.28. The molecule has 1 N–H and O–H groups in total. The Kier molecular flexibility index (Phi) is 5.81. The highest BCUT2D eigenvalue weighted by Gasteiger charge is 2.27. The fourth-order valence-corrected chi connectivity index (χ4v) is 4.52. The number of ether oxygens (including phenoxy) is 1. The summed E-state index contributed by atoms with van der Waals surface area (Å²) in [6, 6.07) is 19.0. The van der Waals surface area contributed by atoms with E-state index in [1.165, 1.54) is 6.08 Å². The van der Waals surface area contributed by atoms with Crippen LogP contribution in [0.4, 0.5) is 0 Å². The molecule has 33 heavy (non-hydrogen) atoms. The zero-order chi connectivity index (χ0) is 22.8. The Morgan fingerprint density at radius 2 is 1.70 bits per heavy atom. The van der Waals surface area contributed by atoms with Crippen molar-refractivity contribution in [2.45, 2.75) is 25.1 Å². The van der Waals surface area contributed by atoms with Crippen molar-refractivity contribution in [3.63, 3.8) is 0 Å². The molecule has 0 aliphatic carbocycles. The topological polar surface area (TPSA) is 72.5 Å². The van der Waals surface area contributed by atoms with Crippen molar-refractivity contribution in [2.24, 2.45) is 0 Å². The number of para-hydroxylation sites is 1. The van der Waals surface area contributed by atoms with Gasteiger partial charge in [0.1, 0.15) is 17.7 Å². The summed E-state index contributed by atoms with van der Waals surface area (Å²) < 4.78 is 9.47. The molecule has 0 radical (unpaired) electrons. The van der Waals surface area contributed by atoms with E-state index in [-0.39, 0.29) is 11.7 Å². The Balaban J connectivity index is 1.47. The number of hydrogen-bond donors (Lipinski definition) is 1. The largest absolute Gasteiger partial charge is 0.457 e. The maximum Gasteiger partial charge on any atom is 0.334 e. The van der Waals surface area contributed by atoms with Gasteiger partial charge in [-0.25, -0.2) is 4.79 Å². The quantitative estimate of drug-likeness (QED) is 0.455. The van der Waals surface area contributed by atoms with E-state index in [1.54, 1.807) is 17.0 Å². The van der Waals surface area contributed by atoms with Crippen molar-refractivity contribution in [3.05, 3.63) is 96.2 Å². The smallest absolute Gasteiger partial charge is 0.334 e. The molecule has 2 aromatic heterocycles. The monoisotopic (exact) mass is 442 g/mol. The molecule has 1 fully saturated rings. The minimum absolute atomic E-state index is 0.0533. The summed E-state index contributed by atoms with van der Waals surface area (Å²) >= 11 is 0. The molecule has 0 spiro atoms. The third-order valence-electron chi connectivity index (χ3n) is 6.20. The molecule has 1 atom stereocenters. The van der Waals surface area contributed by atoms with Crippen LogP contribution in [-0.4, -0.2) is 43.4 Å². The molecule has 1 aliphatic rings. The Bertz CT molecular complexity index is 1300. The number of likely N-dealkylation sites (tertiary alicyclic amines) is 1. The van der Waals surface area contributed by atoms with E-state index < -0.39 is 6.23 Å². The summed E-state index contributed by atoms with van der Waals surface area (Å²) in [7, 11) is 0. The predicted octanol–water partition coefficient (Wildman–Crippen LogP) is 4.12. The molecule has 4 aromatic rings. The number of piperidine rings is 1. The van der Waals surface area contributed by atoms with Gasteiger partial charge in [-0.1, -0.05) is 24.8 Å². The Labute approximate surface area is 191 Å². The normalized spacial score (nSPS) is 16.0. The molecule has 5 rings (SSSR count). The third-order valence-corrected chi connectivity index (χ3v) is 6.20. The van der Waals surface area contributed by atoms with Gasteiger partial charge in [0, 0.05) is 25.3 Å². The van der Waals surface area contributed by atoms with Gasteiger partial charge < -0.3 is 9.84 Å². The molecule has 168 valence electrons. The van der Waals surface area contributed by atoms with Crippen LogP contribution in [0.5, 0.6) is 11.5 Å². The van der Waals surface area contributed by atoms with E-state index in [0.717, 1.165) is 35.3 Å². The van der Waals surface area contributed by atoms with Crippen molar-refractivity contribution in [2.75, 3.05) is 13.1 Å². The summed E-state index contributed by atoms with van der Waals surface area (Å²) in [5.74, 6) is 1.46. The van der Waals surface area contributed by atoms with E-state index in [9.17, 15) is 9.90 Å². The average Bonchev–Trinajstić information content (AvgIpc) is 3.16. The number of nitrogens with zero attached hydrogens (tertiary/aromatic N) is 4. The minimum atomic E-state index is -0.648. The first-order chi connectivity index (χ1) is 16.2. The molecule has 2 aromatic carbocycles. The van der Waals surface area contributed by atoms with Gasteiger partial charge in [-0.2, -0.15) is 0 Å². The highest BCUT2D eigenvalue weighted by atomic mass is 16.5. The molecule has 1 aliphatic heterocycles. The summed E-state index contributed by atoms with van der Waals surface area (Å²) in [4.78, 5) is 19.9. The number of pyridine rings is 1. The fourth-order valence-electron chi connectivity index (χ4n) is 4.52. The molecule has 0 saturated carbocycles. The molecule has 3 heterocycles. The van der Waals surface area contributed by atoms with Crippen LogP contribution in [0.2, 0.25) is 0 Å². The standard InChI is InChI=1S/C26H26N4O3/c1-2-25(31)28-16-13-20(14-17-28)29-23-12-15-27-18-24(23)30(26(29)32)19-8-10-22(11-9-19)33-21-6-4-3-5-7-21/h2-12,15,18,20,25,31H,1,13-14,16-17H2. The molecule has 0 amide bonds. The molecule has 1 saturated heterocycles. The second kappa shape index (κ2) is 9.05. The summed E-state index contributed by atoms with van der Waals surface area (Å²) in [6.45, 7) is 5.07. The number of imidazole rings is 1. The van der Waals surface area contributed by atoms with Crippen LogP contribution in [0.15, 0.2) is 90.5 Å². The zero-order valence-corrected chi connectivity index (χ0v) is 18.2. The first-order valence-electron chi connectivity index (χ1n) is 11.1. The lowest BCUT2D eigenvalue weighted by molar-refractivity contribution is 0.0187. The van der Waals surface area contributed by atoms with Gasteiger partial charge in [0.15, 0.2) is 0 Å². The van der Waals surface area contributed by atoms with E-state index in [2.05, 4.69) is 11.6 Å². The number of aliphatic hydroxyl groups is 1. The lowest BCUT2D eigenvalue weighted by Crippen LogP contribution is -2.42. The number of aliphatic hydroxyl groups excluding tert-OH is 1.